The Hall–Kier alpha value is -2.50. The minimum Gasteiger partial charge on any atom is -0.497 e. The smallest absolute Gasteiger partial charge is 0.416 e. The minimum absolute atomic E-state index is 0.00354. The molecule has 2 aromatic carbocycles. The second-order valence-electron chi connectivity index (χ2n) is 4.36. The fraction of sp³-hybridized carbons (Fsp3) is 0.133. The van der Waals surface area contributed by atoms with Crippen LogP contribution in [0.4, 0.5) is 18.9 Å². The summed E-state index contributed by atoms with van der Waals surface area (Å²) in [5.74, 6) is -0.0233. The molecule has 0 bridgehead atoms. The van der Waals surface area contributed by atoms with Crippen LogP contribution in [-0.2, 0) is 6.18 Å². The van der Waals surface area contributed by atoms with Gasteiger partial charge in [-0.25, -0.2) is 0 Å². The maximum atomic E-state index is 12.7. The summed E-state index contributed by atoms with van der Waals surface area (Å²) in [6.07, 6.45) is -4.53. The first-order valence-electron chi connectivity index (χ1n) is 5.98. The zero-order valence-corrected chi connectivity index (χ0v) is 11.1. The van der Waals surface area contributed by atoms with Crippen LogP contribution in [0.3, 0.4) is 0 Å². The second-order valence-corrected chi connectivity index (χ2v) is 4.36. The van der Waals surface area contributed by atoms with Crippen molar-refractivity contribution in [2.75, 3.05) is 12.8 Å². The Morgan fingerprint density at radius 3 is 2.24 bits per heavy atom. The Morgan fingerprint density at radius 2 is 1.71 bits per heavy atom. The third kappa shape index (κ3) is 3.16. The van der Waals surface area contributed by atoms with Crippen LogP contribution in [0.15, 0.2) is 42.5 Å². The summed E-state index contributed by atoms with van der Waals surface area (Å²) in [6, 6.07) is 8.75. The number of nitrogens with two attached hydrogens (primary N) is 1. The number of ketones is 1. The fourth-order valence-electron chi connectivity index (χ4n) is 1.83. The van der Waals surface area contributed by atoms with Gasteiger partial charge in [0.2, 0.25) is 0 Å². The zero-order chi connectivity index (χ0) is 15.6. The van der Waals surface area contributed by atoms with Gasteiger partial charge in [-0.15, -0.1) is 0 Å². The van der Waals surface area contributed by atoms with Crippen molar-refractivity contribution in [3.05, 3.63) is 59.2 Å². The molecule has 2 rings (SSSR count). The molecule has 2 aromatic rings. The number of hydrogen-bond acceptors (Lipinski definition) is 3. The maximum Gasteiger partial charge on any atom is 0.416 e. The van der Waals surface area contributed by atoms with Gasteiger partial charge in [-0.05, 0) is 42.5 Å². The topological polar surface area (TPSA) is 52.3 Å². The third-order valence-corrected chi connectivity index (χ3v) is 2.98. The molecule has 6 heteroatoms. The Labute approximate surface area is 119 Å². The molecule has 3 nitrogen and oxygen atoms in total. The molecule has 21 heavy (non-hydrogen) atoms. The average molecular weight is 295 g/mol. The lowest BCUT2D eigenvalue weighted by Crippen LogP contribution is -2.10. The number of carbonyl (C=O) groups excluding carboxylic acids is 1. The molecule has 0 radical (unpaired) electrons. The molecule has 0 aliphatic heterocycles. The lowest BCUT2D eigenvalue weighted by atomic mass is 9.99. The van der Waals surface area contributed by atoms with E-state index in [0.717, 1.165) is 18.2 Å². The zero-order valence-electron chi connectivity index (χ0n) is 11.1. The number of alkyl halides is 3. The molecule has 0 fully saturated rings. The first kappa shape index (κ1) is 14.9. The molecule has 0 spiro atoms. The molecule has 110 valence electrons. The van der Waals surface area contributed by atoms with E-state index in [1.807, 2.05) is 0 Å². The summed E-state index contributed by atoms with van der Waals surface area (Å²) in [4.78, 5) is 12.3. The van der Waals surface area contributed by atoms with Gasteiger partial charge in [0.15, 0.2) is 5.78 Å². The number of hydrogen-bond donors (Lipinski definition) is 1. The van der Waals surface area contributed by atoms with Crippen LogP contribution in [0.25, 0.3) is 0 Å². The molecular formula is C15H12F3NO2. The van der Waals surface area contributed by atoms with Crippen molar-refractivity contribution in [3.8, 4) is 5.75 Å². The van der Waals surface area contributed by atoms with Crippen LogP contribution in [-0.4, -0.2) is 12.9 Å². The van der Waals surface area contributed by atoms with Crippen molar-refractivity contribution in [2.45, 2.75) is 6.18 Å². The molecule has 0 saturated carbocycles. The highest BCUT2D eigenvalue weighted by Crippen LogP contribution is 2.32. The van der Waals surface area contributed by atoms with Crippen LogP contribution in [0, 0.1) is 0 Å². The highest BCUT2D eigenvalue weighted by Gasteiger charge is 2.31. The minimum atomic E-state index is -4.53. The molecular weight excluding hydrogens is 283 g/mol. The predicted octanol–water partition coefficient (Wildman–Crippen LogP) is 3.53. The van der Waals surface area contributed by atoms with E-state index in [1.165, 1.54) is 19.2 Å². The number of nitrogen functional groups attached to an aromatic ring is 1. The number of ether oxygens (including phenoxy) is 1. The summed E-state index contributed by atoms with van der Waals surface area (Å²) < 4.78 is 43.0. The highest BCUT2D eigenvalue weighted by atomic mass is 19.4. The quantitative estimate of drug-likeness (QED) is 0.696. The van der Waals surface area contributed by atoms with Gasteiger partial charge in [-0.2, -0.15) is 13.2 Å². The Kier molecular flexibility index (Phi) is 3.88. The van der Waals surface area contributed by atoms with Crippen LogP contribution in [0.1, 0.15) is 21.5 Å². The first-order chi connectivity index (χ1) is 9.82. The number of carbonyl (C=O) groups is 1. The second kappa shape index (κ2) is 5.47. The van der Waals surface area contributed by atoms with E-state index in [-0.39, 0.29) is 16.8 Å². The molecule has 0 unspecified atom stereocenters. The van der Waals surface area contributed by atoms with Gasteiger partial charge in [0.05, 0.1) is 12.7 Å². The lowest BCUT2D eigenvalue weighted by molar-refractivity contribution is -0.137. The fourth-order valence-corrected chi connectivity index (χ4v) is 1.83. The standard InChI is InChI=1S/C15H12F3NO2/c1-21-11-5-2-9(3-6-11)14(20)12-8-10(15(16,17)18)4-7-13(12)19/h2-8H,19H2,1H3. The van der Waals surface area contributed by atoms with Gasteiger partial charge in [0.25, 0.3) is 0 Å². The molecule has 0 aliphatic rings. The van der Waals surface area contributed by atoms with Crippen LogP contribution >= 0.6 is 0 Å². The average Bonchev–Trinajstić information content (AvgIpc) is 2.46. The van der Waals surface area contributed by atoms with E-state index in [0.29, 0.717) is 5.75 Å². The van der Waals surface area contributed by atoms with E-state index < -0.39 is 17.5 Å². The number of benzene rings is 2. The van der Waals surface area contributed by atoms with E-state index >= 15 is 0 Å². The van der Waals surface area contributed by atoms with E-state index in [2.05, 4.69) is 0 Å². The molecule has 0 atom stereocenters. The molecule has 0 heterocycles. The summed E-state index contributed by atoms with van der Waals surface area (Å²) in [5.41, 5.74) is 4.78. The van der Waals surface area contributed by atoms with Gasteiger partial charge in [0.1, 0.15) is 5.75 Å². The third-order valence-electron chi connectivity index (χ3n) is 2.98. The van der Waals surface area contributed by atoms with E-state index in [4.69, 9.17) is 10.5 Å². The van der Waals surface area contributed by atoms with Crippen molar-refractivity contribution in [2.24, 2.45) is 0 Å². The van der Waals surface area contributed by atoms with Gasteiger partial charge < -0.3 is 10.5 Å². The number of anilines is 1. The molecule has 0 saturated heterocycles. The first-order valence-corrected chi connectivity index (χ1v) is 5.98. The summed E-state index contributed by atoms with van der Waals surface area (Å²) in [5, 5.41) is 0. The van der Waals surface area contributed by atoms with Crippen molar-refractivity contribution >= 4 is 11.5 Å². The number of rotatable bonds is 3. The monoisotopic (exact) mass is 295 g/mol. The van der Waals surface area contributed by atoms with Crippen LogP contribution in [0.5, 0.6) is 5.75 Å². The summed E-state index contributed by atoms with van der Waals surface area (Å²) >= 11 is 0. The largest absolute Gasteiger partial charge is 0.497 e. The van der Waals surface area contributed by atoms with Crippen molar-refractivity contribution in [3.63, 3.8) is 0 Å². The predicted molar refractivity (Wildman–Crippen MR) is 72.3 cm³/mol. The van der Waals surface area contributed by atoms with Crippen LogP contribution < -0.4 is 10.5 Å². The Bertz CT molecular complexity index is 664. The van der Waals surface area contributed by atoms with Crippen molar-refractivity contribution < 1.29 is 22.7 Å². The lowest BCUT2D eigenvalue weighted by Gasteiger charge is -2.11. The summed E-state index contributed by atoms with van der Waals surface area (Å²) in [6.45, 7) is 0. The number of methoxy groups -OCH3 is 1. The van der Waals surface area contributed by atoms with Gasteiger partial charge in [-0.1, -0.05) is 0 Å². The maximum absolute atomic E-state index is 12.7. The normalized spacial score (nSPS) is 11.2. The van der Waals surface area contributed by atoms with Crippen molar-refractivity contribution in [1.29, 1.82) is 0 Å². The van der Waals surface area contributed by atoms with Crippen LogP contribution in [0.2, 0.25) is 0 Å². The Balaban J connectivity index is 2.42. The molecule has 0 aromatic heterocycles. The van der Waals surface area contributed by atoms with E-state index in [1.54, 1.807) is 12.1 Å². The number of halogens is 3. The SMILES string of the molecule is COc1ccc(C(=O)c2cc(C(F)(F)F)ccc2N)cc1. The van der Waals surface area contributed by atoms with Gasteiger partial charge in [0, 0.05) is 16.8 Å². The molecule has 0 amide bonds. The molecule has 2 N–H and O–H groups in total. The highest BCUT2D eigenvalue weighted by molar-refractivity contribution is 6.12. The Morgan fingerprint density at radius 1 is 1.10 bits per heavy atom. The van der Waals surface area contributed by atoms with Gasteiger partial charge in [-0.3, -0.25) is 4.79 Å². The van der Waals surface area contributed by atoms with Crippen molar-refractivity contribution in [1.82, 2.24) is 0 Å². The van der Waals surface area contributed by atoms with Gasteiger partial charge >= 0.3 is 6.18 Å². The summed E-state index contributed by atoms with van der Waals surface area (Å²) in [7, 11) is 1.47. The molecule has 0 aliphatic carbocycles. The van der Waals surface area contributed by atoms with E-state index in [9.17, 15) is 18.0 Å².